The molecule has 2 nitrogen and oxygen atoms in total. The van der Waals surface area contributed by atoms with E-state index in [0.29, 0.717) is 6.04 Å². The lowest BCUT2D eigenvalue weighted by Gasteiger charge is -2.38. The number of benzene rings is 1. The van der Waals surface area contributed by atoms with Crippen LogP contribution in [0.5, 0.6) is 0 Å². The van der Waals surface area contributed by atoms with Crippen LogP contribution in [0.25, 0.3) is 0 Å². The Hall–Kier alpha value is -0.280. The molecule has 0 bridgehead atoms. The van der Waals surface area contributed by atoms with Crippen molar-refractivity contribution in [2.24, 2.45) is 5.73 Å². The second-order valence-electron chi connectivity index (χ2n) is 5.02. The fourth-order valence-corrected chi connectivity index (χ4v) is 2.76. The molecular weight excluding hydrogens is 267 g/mol. The zero-order chi connectivity index (χ0) is 12.3. The van der Waals surface area contributed by atoms with Crippen molar-refractivity contribution in [2.75, 3.05) is 6.54 Å². The predicted octanol–water partition coefficient (Wildman–Crippen LogP) is 3.46. The monoisotopic (exact) mass is 288 g/mol. The molecule has 0 amide bonds. The summed E-state index contributed by atoms with van der Waals surface area (Å²) in [6.45, 7) is 4.27. The van der Waals surface area contributed by atoms with E-state index >= 15 is 0 Å². The second-order valence-corrected chi connectivity index (χ2v) is 5.46. The van der Waals surface area contributed by atoms with Gasteiger partial charge in [0.15, 0.2) is 0 Å². The average molecular weight is 289 g/mol. The van der Waals surface area contributed by atoms with Crippen LogP contribution in [0.1, 0.15) is 31.7 Å². The van der Waals surface area contributed by atoms with Crippen molar-refractivity contribution in [1.29, 1.82) is 0 Å². The summed E-state index contributed by atoms with van der Waals surface area (Å²) in [5.41, 5.74) is 7.39. The highest BCUT2D eigenvalue weighted by molar-refractivity contribution is 6.30. The minimum absolute atomic E-state index is 0. The first-order valence-electron chi connectivity index (χ1n) is 6.41. The van der Waals surface area contributed by atoms with E-state index in [1.165, 1.54) is 24.8 Å². The molecule has 1 aromatic rings. The molecule has 2 atom stereocenters. The van der Waals surface area contributed by atoms with Crippen LogP contribution in [0, 0.1) is 0 Å². The molecule has 1 fully saturated rings. The van der Waals surface area contributed by atoms with Crippen molar-refractivity contribution < 1.29 is 0 Å². The van der Waals surface area contributed by atoms with E-state index in [9.17, 15) is 0 Å². The molecule has 2 unspecified atom stereocenters. The first-order chi connectivity index (χ1) is 8.16. The molecule has 1 aromatic carbocycles. The normalized spacial score (nSPS) is 22.3. The number of rotatable bonds is 3. The van der Waals surface area contributed by atoms with Gasteiger partial charge in [-0.15, -0.1) is 12.4 Å². The van der Waals surface area contributed by atoms with Gasteiger partial charge in [0.25, 0.3) is 0 Å². The van der Waals surface area contributed by atoms with Gasteiger partial charge < -0.3 is 5.73 Å². The Bertz CT molecular complexity index is 351. The molecule has 0 spiro atoms. The molecule has 0 aliphatic carbocycles. The lowest BCUT2D eigenvalue weighted by molar-refractivity contribution is 0.123. The van der Waals surface area contributed by atoms with Crippen molar-refractivity contribution >= 4 is 24.0 Å². The Morgan fingerprint density at radius 2 is 2.00 bits per heavy atom. The van der Waals surface area contributed by atoms with Crippen molar-refractivity contribution in [3.05, 3.63) is 34.9 Å². The third-order valence-electron chi connectivity index (χ3n) is 3.57. The molecule has 18 heavy (non-hydrogen) atoms. The summed E-state index contributed by atoms with van der Waals surface area (Å²) >= 11 is 5.90. The largest absolute Gasteiger partial charge is 0.327 e. The molecular formula is C14H22Cl2N2. The predicted molar refractivity (Wildman–Crippen MR) is 80.4 cm³/mol. The summed E-state index contributed by atoms with van der Waals surface area (Å²) in [6.07, 6.45) is 3.82. The third kappa shape index (κ3) is 4.13. The molecule has 102 valence electrons. The fraction of sp³-hybridized carbons (Fsp3) is 0.571. The zero-order valence-electron chi connectivity index (χ0n) is 10.8. The number of nitrogens with two attached hydrogens (primary N) is 1. The maximum absolute atomic E-state index is 6.07. The van der Waals surface area contributed by atoms with E-state index in [1.807, 2.05) is 12.1 Å². The third-order valence-corrected chi connectivity index (χ3v) is 3.82. The Morgan fingerprint density at radius 3 is 2.61 bits per heavy atom. The maximum atomic E-state index is 6.07. The molecule has 1 aliphatic rings. The van der Waals surface area contributed by atoms with Crippen LogP contribution in [-0.4, -0.2) is 23.5 Å². The Morgan fingerprint density at radius 1 is 1.33 bits per heavy atom. The standard InChI is InChI=1S/C14H21ClN2.ClH/c1-11(16)14-4-2-3-9-17(14)10-12-5-7-13(15)8-6-12;/h5-8,11,14H,2-4,9-10,16H2,1H3;1H. The summed E-state index contributed by atoms with van der Waals surface area (Å²) < 4.78 is 0. The van der Waals surface area contributed by atoms with E-state index in [1.54, 1.807) is 0 Å². The molecule has 1 saturated heterocycles. The summed E-state index contributed by atoms with van der Waals surface area (Å²) in [7, 11) is 0. The van der Waals surface area contributed by atoms with Gasteiger partial charge in [-0.25, -0.2) is 0 Å². The number of nitrogens with zero attached hydrogens (tertiary/aromatic N) is 1. The van der Waals surface area contributed by atoms with E-state index in [4.69, 9.17) is 17.3 Å². The van der Waals surface area contributed by atoms with Gasteiger partial charge in [-0.3, -0.25) is 4.90 Å². The van der Waals surface area contributed by atoms with Gasteiger partial charge in [0.1, 0.15) is 0 Å². The van der Waals surface area contributed by atoms with Crippen LogP contribution in [0.3, 0.4) is 0 Å². The van der Waals surface area contributed by atoms with Gasteiger partial charge in [0.2, 0.25) is 0 Å². The van der Waals surface area contributed by atoms with Gasteiger partial charge in [-0.2, -0.15) is 0 Å². The SMILES string of the molecule is CC(N)C1CCCCN1Cc1ccc(Cl)cc1.Cl. The number of halogens is 2. The first-order valence-corrected chi connectivity index (χ1v) is 6.78. The quantitative estimate of drug-likeness (QED) is 0.923. The van der Waals surface area contributed by atoms with Crippen molar-refractivity contribution in [2.45, 2.75) is 44.8 Å². The molecule has 2 N–H and O–H groups in total. The summed E-state index contributed by atoms with van der Waals surface area (Å²) in [5, 5.41) is 0.802. The highest BCUT2D eigenvalue weighted by Gasteiger charge is 2.25. The zero-order valence-corrected chi connectivity index (χ0v) is 12.4. The van der Waals surface area contributed by atoms with Crippen LogP contribution in [0.2, 0.25) is 5.02 Å². The highest BCUT2D eigenvalue weighted by Crippen LogP contribution is 2.21. The molecule has 1 heterocycles. The fourth-order valence-electron chi connectivity index (χ4n) is 2.63. The van der Waals surface area contributed by atoms with Crippen molar-refractivity contribution in [1.82, 2.24) is 4.90 Å². The minimum atomic E-state index is 0. The van der Waals surface area contributed by atoms with E-state index in [0.717, 1.165) is 18.1 Å². The van der Waals surface area contributed by atoms with E-state index in [-0.39, 0.29) is 18.4 Å². The summed E-state index contributed by atoms with van der Waals surface area (Å²) in [5.74, 6) is 0. The summed E-state index contributed by atoms with van der Waals surface area (Å²) in [6, 6.07) is 8.91. The maximum Gasteiger partial charge on any atom is 0.0406 e. The molecule has 0 saturated carbocycles. The average Bonchev–Trinajstić information content (AvgIpc) is 2.32. The highest BCUT2D eigenvalue weighted by atomic mass is 35.5. The van der Waals surface area contributed by atoms with Crippen molar-refractivity contribution in [3.63, 3.8) is 0 Å². The summed E-state index contributed by atoms with van der Waals surface area (Å²) in [4.78, 5) is 2.51. The van der Waals surface area contributed by atoms with E-state index < -0.39 is 0 Å². The molecule has 0 aromatic heterocycles. The Balaban J connectivity index is 0.00000162. The van der Waals surface area contributed by atoms with Gasteiger partial charge >= 0.3 is 0 Å². The second kappa shape index (κ2) is 7.34. The Kier molecular flexibility index (Phi) is 6.44. The topological polar surface area (TPSA) is 29.3 Å². The van der Waals surface area contributed by atoms with E-state index in [2.05, 4.69) is 24.0 Å². The number of likely N-dealkylation sites (tertiary alicyclic amines) is 1. The minimum Gasteiger partial charge on any atom is -0.327 e. The van der Waals surface area contributed by atoms with Crippen LogP contribution >= 0.6 is 24.0 Å². The molecule has 0 radical (unpaired) electrons. The molecule has 1 aliphatic heterocycles. The number of hydrogen-bond acceptors (Lipinski definition) is 2. The first kappa shape index (κ1) is 15.8. The van der Waals surface area contributed by atoms with Crippen LogP contribution in [-0.2, 0) is 6.54 Å². The van der Waals surface area contributed by atoms with Gasteiger partial charge in [0.05, 0.1) is 0 Å². The number of hydrogen-bond donors (Lipinski definition) is 1. The smallest absolute Gasteiger partial charge is 0.0406 e. The Labute approximate surface area is 121 Å². The van der Waals surface area contributed by atoms with Gasteiger partial charge in [0, 0.05) is 23.7 Å². The molecule has 4 heteroatoms. The molecule has 2 rings (SSSR count). The van der Waals surface area contributed by atoms with Crippen LogP contribution in [0.4, 0.5) is 0 Å². The lowest BCUT2D eigenvalue weighted by Crippen LogP contribution is -2.48. The van der Waals surface area contributed by atoms with Crippen LogP contribution in [0.15, 0.2) is 24.3 Å². The van der Waals surface area contributed by atoms with Gasteiger partial charge in [-0.05, 0) is 44.0 Å². The van der Waals surface area contributed by atoms with Crippen molar-refractivity contribution in [3.8, 4) is 0 Å². The number of piperidine rings is 1. The lowest BCUT2D eigenvalue weighted by atomic mass is 9.96. The van der Waals surface area contributed by atoms with Gasteiger partial charge in [-0.1, -0.05) is 30.2 Å². The van der Waals surface area contributed by atoms with Crippen LogP contribution < -0.4 is 5.73 Å².